The number of amides is 1. The quantitative estimate of drug-likeness (QED) is 0.899. The minimum absolute atomic E-state index is 0.0598. The van der Waals surface area contributed by atoms with Crippen LogP contribution in [0.2, 0.25) is 0 Å². The second-order valence-electron chi connectivity index (χ2n) is 4.64. The lowest BCUT2D eigenvalue weighted by molar-refractivity contribution is 0.0939. The molecule has 0 saturated carbocycles. The molecule has 1 atom stereocenters. The maximum atomic E-state index is 13.1. The van der Waals surface area contributed by atoms with E-state index in [-0.39, 0.29) is 29.1 Å². The first-order valence-electron chi connectivity index (χ1n) is 6.24. The third-order valence-corrected chi connectivity index (χ3v) is 2.79. The molecule has 1 amide bonds. The number of carbonyl (C=O) groups is 1. The van der Waals surface area contributed by atoms with Crippen molar-refractivity contribution in [1.29, 1.82) is 0 Å². The lowest BCUT2D eigenvalue weighted by Crippen LogP contribution is -2.34. The number of hydrogen-bond acceptors (Lipinski definition) is 3. The van der Waals surface area contributed by atoms with Gasteiger partial charge in [-0.15, -0.1) is 0 Å². The van der Waals surface area contributed by atoms with E-state index in [1.165, 1.54) is 30.6 Å². The Kier molecular flexibility index (Phi) is 4.30. The molecule has 0 radical (unpaired) electrons. The largest absolute Gasteiger partial charge is 0.506 e. The number of halogens is 1. The van der Waals surface area contributed by atoms with Crippen LogP contribution < -0.4 is 5.32 Å². The standard InChI is InChI=1S/C15H15FN2O2/c1-10(5-11-3-2-4-13(16)6-11)18-15(20)12-7-14(19)9-17-8-12/h2-4,6-10,19H,5H2,1H3,(H,18,20). The first-order chi connectivity index (χ1) is 9.54. The summed E-state index contributed by atoms with van der Waals surface area (Å²) in [5, 5.41) is 12.1. The summed E-state index contributed by atoms with van der Waals surface area (Å²) in [6.07, 6.45) is 3.16. The van der Waals surface area contributed by atoms with Gasteiger partial charge in [0.25, 0.3) is 5.91 Å². The van der Waals surface area contributed by atoms with E-state index in [0.29, 0.717) is 6.42 Å². The number of carbonyl (C=O) groups excluding carboxylic acids is 1. The Balaban J connectivity index is 1.97. The molecule has 0 saturated heterocycles. The number of benzene rings is 1. The van der Waals surface area contributed by atoms with Gasteiger partial charge in [-0.1, -0.05) is 12.1 Å². The Morgan fingerprint density at radius 2 is 2.20 bits per heavy atom. The maximum Gasteiger partial charge on any atom is 0.253 e. The number of rotatable bonds is 4. The van der Waals surface area contributed by atoms with Crippen molar-refractivity contribution in [3.8, 4) is 5.75 Å². The van der Waals surface area contributed by atoms with Crippen molar-refractivity contribution in [3.63, 3.8) is 0 Å². The number of hydrogen-bond donors (Lipinski definition) is 2. The molecule has 1 heterocycles. The Hall–Kier alpha value is -2.43. The molecular formula is C15H15FN2O2. The summed E-state index contributed by atoms with van der Waals surface area (Å²) < 4.78 is 13.1. The van der Waals surface area contributed by atoms with Gasteiger partial charge in [0.05, 0.1) is 11.8 Å². The molecule has 1 aromatic carbocycles. The number of nitrogens with zero attached hydrogens (tertiary/aromatic N) is 1. The van der Waals surface area contributed by atoms with Crippen LogP contribution in [0, 0.1) is 5.82 Å². The van der Waals surface area contributed by atoms with Crippen LogP contribution in [-0.4, -0.2) is 22.0 Å². The van der Waals surface area contributed by atoms with Gasteiger partial charge in [0.15, 0.2) is 0 Å². The molecule has 2 N–H and O–H groups in total. The van der Waals surface area contributed by atoms with E-state index >= 15 is 0 Å². The van der Waals surface area contributed by atoms with Gasteiger partial charge in [-0.3, -0.25) is 9.78 Å². The fraction of sp³-hybridized carbons (Fsp3) is 0.200. The fourth-order valence-corrected chi connectivity index (χ4v) is 1.93. The predicted molar refractivity (Wildman–Crippen MR) is 72.9 cm³/mol. The summed E-state index contributed by atoms with van der Waals surface area (Å²) in [6.45, 7) is 1.83. The van der Waals surface area contributed by atoms with Gasteiger partial charge in [-0.25, -0.2) is 4.39 Å². The lowest BCUT2D eigenvalue weighted by atomic mass is 10.1. The summed E-state index contributed by atoms with van der Waals surface area (Å²) in [7, 11) is 0. The third kappa shape index (κ3) is 3.78. The second-order valence-corrected chi connectivity index (χ2v) is 4.64. The SMILES string of the molecule is CC(Cc1cccc(F)c1)NC(=O)c1cncc(O)c1. The minimum atomic E-state index is -0.322. The summed E-state index contributed by atoms with van der Waals surface area (Å²) in [5.41, 5.74) is 1.10. The summed E-state index contributed by atoms with van der Waals surface area (Å²) in [5.74, 6) is -0.675. The van der Waals surface area contributed by atoms with Crippen molar-refractivity contribution < 1.29 is 14.3 Å². The molecule has 0 spiro atoms. The molecule has 5 heteroatoms. The van der Waals surface area contributed by atoms with Crippen molar-refractivity contribution in [2.24, 2.45) is 0 Å². The lowest BCUT2D eigenvalue weighted by Gasteiger charge is -2.14. The van der Waals surface area contributed by atoms with Crippen LogP contribution in [0.15, 0.2) is 42.7 Å². The highest BCUT2D eigenvalue weighted by Gasteiger charge is 2.11. The smallest absolute Gasteiger partial charge is 0.253 e. The zero-order chi connectivity index (χ0) is 14.5. The Bertz CT molecular complexity index is 616. The number of aromatic hydroxyl groups is 1. The number of aromatic nitrogens is 1. The van der Waals surface area contributed by atoms with Crippen LogP contribution in [0.25, 0.3) is 0 Å². The van der Waals surface area contributed by atoms with Crippen molar-refractivity contribution in [2.45, 2.75) is 19.4 Å². The van der Waals surface area contributed by atoms with Crippen LogP contribution in [0.1, 0.15) is 22.8 Å². The van der Waals surface area contributed by atoms with Crippen LogP contribution in [-0.2, 0) is 6.42 Å². The number of pyridine rings is 1. The highest BCUT2D eigenvalue weighted by Crippen LogP contribution is 2.10. The van der Waals surface area contributed by atoms with Gasteiger partial charge in [0.1, 0.15) is 11.6 Å². The Morgan fingerprint density at radius 3 is 2.90 bits per heavy atom. The Morgan fingerprint density at radius 1 is 1.40 bits per heavy atom. The monoisotopic (exact) mass is 274 g/mol. The van der Waals surface area contributed by atoms with E-state index in [1.54, 1.807) is 6.07 Å². The topological polar surface area (TPSA) is 62.2 Å². The highest BCUT2D eigenvalue weighted by atomic mass is 19.1. The summed E-state index contributed by atoms with van der Waals surface area (Å²) >= 11 is 0. The van der Waals surface area contributed by atoms with Crippen molar-refractivity contribution in [2.75, 3.05) is 0 Å². The van der Waals surface area contributed by atoms with Gasteiger partial charge in [-0.05, 0) is 37.1 Å². The van der Waals surface area contributed by atoms with E-state index in [1.807, 2.05) is 13.0 Å². The minimum Gasteiger partial charge on any atom is -0.506 e. The molecule has 0 aliphatic heterocycles. The molecule has 104 valence electrons. The van der Waals surface area contributed by atoms with Crippen molar-refractivity contribution in [3.05, 3.63) is 59.7 Å². The molecule has 20 heavy (non-hydrogen) atoms. The molecule has 2 aromatic rings. The third-order valence-electron chi connectivity index (χ3n) is 2.79. The second kappa shape index (κ2) is 6.14. The van der Waals surface area contributed by atoms with E-state index in [2.05, 4.69) is 10.3 Å². The van der Waals surface area contributed by atoms with Crippen LogP contribution in [0.3, 0.4) is 0 Å². The predicted octanol–water partition coefficient (Wildman–Crippen LogP) is 2.29. The van der Waals surface area contributed by atoms with Crippen LogP contribution in [0.4, 0.5) is 4.39 Å². The van der Waals surface area contributed by atoms with E-state index in [0.717, 1.165) is 5.56 Å². The van der Waals surface area contributed by atoms with Gasteiger partial charge < -0.3 is 10.4 Å². The van der Waals surface area contributed by atoms with E-state index in [4.69, 9.17) is 0 Å². The molecule has 0 fully saturated rings. The first kappa shape index (κ1) is 14.0. The molecular weight excluding hydrogens is 259 g/mol. The average molecular weight is 274 g/mol. The zero-order valence-electron chi connectivity index (χ0n) is 11.0. The summed E-state index contributed by atoms with van der Waals surface area (Å²) in [4.78, 5) is 15.7. The van der Waals surface area contributed by atoms with Crippen LogP contribution >= 0.6 is 0 Å². The van der Waals surface area contributed by atoms with Gasteiger partial charge in [-0.2, -0.15) is 0 Å². The number of nitrogens with one attached hydrogen (secondary N) is 1. The zero-order valence-corrected chi connectivity index (χ0v) is 11.0. The average Bonchev–Trinajstić information content (AvgIpc) is 2.38. The molecule has 2 rings (SSSR count). The fourth-order valence-electron chi connectivity index (χ4n) is 1.93. The van der Waals surface area contributed by atoms with Crippen molar-refractivity contribution in [1.82, 2.24) is 10.3 Å². The van der Waals surface area contributed by atoms with Gasteiger partial charge in [0, 0.05) is 12.2 Å². The first-order valence-corrected chi connectivity index (χ1v) is 6.24. The van der Waals surface area contributed by atoms with Crippen LogP contribution in [0.5, 0.6) is 5.75 Å². The van der Waals surface area contributed by atoms with E-state index in [9.17, 15) is 14.3 Å². The maximum absolute atomic E-state index is 13.1. The molecule has 0 aliphatic rings. The highest BCUT2D eigenvalue weighted by molar-refractivity contribution is 5.94. The molecule has 0 aliphatic carbocycles. The Labute approximate surface area is 116 Å². The van der Waals surface area contributed by atoms with Gasteiger partial charge >= 0.3 is 0 Å². The molecule has 1 unspecified atom stereocenters. The molecule has 1 aromatic heterocycles. The normalized spacial score (nSPS) is 11.9. The molecule has 0 bridgehead atoms. The molecule has 4 nitrogen and oxygen atoms in total. The summed E-state index contributed by atoms with van der Waals surface area (Å²) in [6, 6.07) is 7.45. The van der Waals surface area contributed by atoms with Gasteiger partial charge in [0.2, 0.25) is 0 Å². The van der Waals surface area contributed by atoms with Crippen molar-refractivity contribution >= 4 is 5.91 Å². The van der Waals surface area contributed by atoms with E-state index < -0.39 is 0 Å².